The van der Waals surface area contributed by atoms with Crippen LogP contribution in [0.5, 0.6) is 0 Å². The van der Waals surface area contributed by atoms with E-state index >= 15 is 0 Å². The third-order valence-electron chi connectivity index (χ3n) is 2.75. The first-order chi connectivity index (χ1) is 7.56. The number of hydrogen-bond donors (Lipinski definition) is 1. The maximum atomic E-state index is 11.6. The minimum absolute atomic E-state index is 0.222. The van der Waals surface area contributed by atoms with Crippen LogP contribution in [0.4, 0.5) is 4.79 Å². The van der Waals surface area contributed by atoms with Crippen molar-refractivity contribution in [3.63, 3.8) is 0 Å². The van der Waals surface area contributed by atoms with E-state index in [1.54, 1.807) is 0 Å². The number of carboxylic acid groups (broad SMARTS) is 1. The molecule has 0 aromatic rings. The van der Waals surface area contributed by atoms with Crippen LogP contribution in [0, 0.1) is 5.92 Å². The summed E-state index contributed by atoms with van der Waals surface area (Å²) in [6.45, 7) is 4.79. The molecule has 92 valence electrons. The molecule has 2 unspecified atom stereocenters. The monoisotopic (exact) mass is 229 g/mol. The summed E-state index contributed by atoms with van der Waals surface area (Å²) in [5.41, 5.74) is 0. The lowest BCUT2D eigenvalue weighted by atomic mass is 10.1. The van der Waals surface area contributed by atoms with Crippen molar-refractivity contribution in [2.24, 2.45) is 5.92 Å². The van der Waals surface area contributed by atoms with Crippen LogP contribution >= 0.6 is 0 Å². The normalized spacial score (nSPS) is 24.5. The molecular formula is C11H19NO4. The van der Waals surface area contributed by atoms with Gasteiger partial charge in [0.1, 0.15) is 6.04 Å². The number of aliphatic carboxylic acids is 1. The van der Waals surface area contributed by atoms with Crippen LogP contribution in [-0.4, -0.2) is 41.3 Å². The lowest BCUT2D eigenvalue weighted by Crippen LogP contribution is -2.40. The van der Waals surface area contributed by atoms with E-state index in [0.717, 1.165) is 12.8 Å². The molecule has 1 rings (SSSR count). The van der Waals surface area contributed by atoms with Crippen molar-refractivity contribution in [1.82, 2.24) is 4.90 Å². The highest BCUT2D eigenvalue weighted by Gasteiger charge is 2.38. The number of carbonyl (C=O) groups excluding carboxylic acids is 1. The number of carboxylic acids is 1. The van der Waals surface area contributed by atoms with Crippen molar-refractivity contribution in [2.75, 3.05) is 13.2 Å². The number of amides is 1. The first-order valence-corrected chi connectivity index (χ1v) is 5.72. The summed E-state index contributed by atoms with van der Waals surface area (Å²) in [6, 6.07) is -0.718. The topological polar surface area (TPSA) is 66.8 Å². The van der Waals surface area contributed by atoms with Gasteiger partial charge in [-0.05, 0) is 18.8 Å². The molecular weight excluding hydrogens is 210 g/mol. The summed E-state index contributed by atoms with van der Waals surface area (Å²) < 4.78 is 5.02. The maximum absolute atomic E-state index is 11.6. The lowest BCUT2D eigenvalue weighted by molar-refractivity contribution is -0.141. The molecule has 0 radical (unpaired) electrons. The van der Waals surface area contributed by atoms with Crippen LogP contribution in [-0.2, 0) is 9.53 Å². The van der Waals surface area contributed by atoms with Crippen molar-refractivity contribution < 1.29 is 19.4 Å². The SMILES string of the molecule is CCCCOC(=O)N1CC(C)CC1C(=O)O. The third-order valence-corrected chi connectivity index (χ3v) is 2.75. The van der Waals surface area contributed by atoms with Crippen molar-refractivity contribution in [1.29, 1.82) is 0 Å². The quantitative estimate of drug-likeness (QED) is 0.745. The van der Waals surface area contributed by atoms with Crippen LogP contribution in [0.25, 0.3) is 0 Å². The van der Waals surface area contributed by atoms with Crippen LogP contribution in [0.3, 0.4) is 0 Å². The second-order valence-corrected chi connectivity index (χ2v) is 4.32. The average molecular weight is 229 g/mol. The molecule has 1 aliphatic heterocycles. The number of ether oxygens (including phenoxy) is 1. The van der Waals surface area contributed by atoms with Crippen LogP contribution < -0.4 is 0 Å². The van der Waals surface area contributed by atoms with E-state index in [9.17, 15) is 9.59 Å². The van der Waals surface area contributed by atoms with Gasteiger partial charge in [0, 0.05) is 6.54 Å². The molecule has 1 amide bonds. The van der Waals surface area contributed by atoms with Gasteiger partial charge in [-0.25, -0.2) is 9.59 Å². The van der Waals surface area contributed by atoms with Gasteiger partial charge in [0.05, 0.1) is 6.61 Å². The highest BCUT2D eigenvalue weighted by Crippen LogP contribution is 2.23. The second-order valence-electron chi connectivity index (χ2n) is 4.32. The van der Waals surface area contributed by atoms with Gasteiger partial charge in [-0.1, -0.05) is 20.3 Å². The number of unbranched alkanes of at least 4 members (excludes halogenated alkanes) is 1. The first kappa shape index (κ1) is 12.8. The van der Waals surface area contributed by atoms with Gasteiger partial charge in [-0.3, -0.25) is 4.90 Å². The van der Waals surface area contributed by atoms with Crippen LogP contribution in [0.2, 0.25) is 0 Å². The third kappa shape index (κ3) is 3.12. The van der Waals surface area contributed by atoms with E-state index in [1.165, 1.54) is 4.90 Å². The largest absolute Gasteiger partial charge is 0.480 e. The standard InChI is InChI=1S/C11H19NO4/c1-3-4-5-16-11(15)12-7-8(2)6-9(12)10(13)14/h8-9H,3-7H2,1-2H3,(H,13,14). The van der Waals surface area contributed by atoms with E-state index in [0.29, 0.717) is 19.6 Å². The molecule has 0 aliphatic carbocycles. The summed E-state index contributed by atoms with van der Waals surface area (Å²) in [6.07, 6.45) is 1.78. The summed E-state index contributed by atoms with van der Waals surface area (Å²) in [4.78, 5) is 23.9. The molecule has 1 fully saturated rings. The lowest BCUT2D eigenvalue weighted by Gasteiger charge is -2.20. The number of nitrogens with zero attached hydrogens (tertiary/aromatic N) is 1. The Hall–Kier alpha value is -1.26. The molecule has 0 bridgehead atoms. The van der Waals surface area contributed by atoms with Crippen molar-refractivity contribution >= 4 is 12.1 Å². The highest BCUT2D eigenvalue weighted by molar-refractivity contribution is 5.80. The average Bonchev–Trinajstić information content (AvgIpc) is 2.61. The Labute approximate surface area is 95.4 Å². The van der Waals surface area contributed by atoms with E-state index in [2.05, 4.69) is 0 Å². The molecule has 1 aliphatic rings. The van der Waals surface area contributed by atoms with Crippen LogP contribution in [0.15, 0.2) is 0 Å². The molecule has 0 spiro atoms. The van der Waals surface area contributed by atoms with E-state index in [4.69, 9.17) is 9.84 Å². The van der Waals surface area contributed by atoms with Gasteiger partial charge in [0.15, 0.2) is 0 Å². The zero-order valence-electron chi connectivity index (χ0n) is 9.81. The highest BCUT2D eigenvalue weighted by atomic mass is 16.6. The Morgan fingerprint density at radius 3 is 2.75 bits per heavy atom. The van der Waals surface area contributed by atoms with Gasteiger partial charge in [-0.2, -0.15) is 0 Å². The fourth-order valence-electron chi connectivity index (χ4n) is 1.87. The van der Waals surface area contributed by atoms with Gasteiger partial charge in [0.25, 0.3) is 0 Å². The minimum atomic E-state index is -0.947. The number of rotatable bonds is 4. The summed E-state index contributed by atoms with van der Waals surface area (Å²) in [5, 5.41) is 8.97. The maximum Gasteiger partial charge on any atom is 0.410 e. The van der Waals surface area contributed by atoms with E-state index in [-0.39, 0.29) is 5.92 Å². The molecule has 1 saturated heterocycles. The second kappa shape index (κ2) is 5.72. The first-order valence-electron chi connectivity index (χ1n) is 5.72. The molecule has 16 heavy (non-hydrogen) atoms. The zero-order valence-corrected chi connectivity index (χ0v) is 9.81. The van der Waals surface area contributed by atoms with Crippen molar-refractivity contribution in [3.8, 4) is 0 Å². The van der Waals surface area contributed by atoms with Gasteiger partial charge in [0.2, 0.25) is 0 Å². The van der Waals surface area contributed by atoms with Crippen LogP contribution in [0.1, 0.15) is 33.1 Å². The number of carbonyl (C=O) groups is 2. The van der Waals surface area contributed by atoms with E-state index < -0.39 is 18.1 Å². The summed E-state index contributed by atoms with van der Waals surface area (Å²) in [5.74, 6) is -0.725. The molecule has 5 heteroatoms. The Morgan fingerprint density at radius 2 is 2.19 bits per heavy atom. The molecule has 5 nitrogen and oxygen atoms in total. The number of likely N-dealkylation sites (tertiary alicyclic amines) is 1. The van der Waals surface area contributed by atoms with Crippen molar-refractivity contribution in [2.45, 2.75) is 39.2 Å². The molecule has 1 N–H and O–H groups in total. The molecule has 1 heterocycles. The van der Waals surface area contributed by atoms with Gasteiger partial charge >= 0.3 is 12.1 Å². The predicted octanol–water partition coefficient (Wildman–Crippen LogP) is 1.72. The fraction of sp³-hybridized carbons (Fsp3) is 0.818. The van der Waals surface area contributed by atoms with Gasteiger partial charge in [-0.15, -0.1) is 0 Å². The predicted molar refractivity (Wildman–Crippen MR) is 58.2 cm³/mol. The summed E-state index contributed by atoms with van der Waals surface area (Å²) in [7, 11) is 0. The Balaban J connectivity index is 2.50. The Bertz CT molecular complexity index is 267. The fourth-order valence-corrected chi connectivity index (χ4v) is 1.87. The van der Waals surface area contributed by atoms with Crippen molar-refractivity contribution in [3.05, 3.63) is 0 Å². The number of hydrogen-bond acceptors (Lipinski definition) is 3. The molecule has 0 saturated carbocycles. The minimum Gasteiger partial charge on any atom is -0.480 e. The molecule has 0 aromatic carbocycles. The molecule has 2 atom stereocenters. The summed E-state index contributed by atoms with van der Waals surface area (Å²) >= 11 is 0. The molecule has 0 aromatic heterocycles. The Kier molecular flexibility index (Phi) is 4.58. The smallest absolute Gasteiger partial charge is 0.410 e. The van der Waals surface area contributed by atoms with E-state index in [1.807, 2.05) is 13.8 Å². The van der Waals surface area contributed by atoms with Gasteiger partial charge < -0.3 is 9.84 Å². The Morgan fingerprint density at radius 1 is 1.50 bits per heavy atom. The zero-order chi connectivity index (χ0) is 12.1.